The molecule has 1 amide bonds. The first-order valence-corrected chi connectivity index (χ1v) is 7.20. The second-order valence-electron chi connectivity index (χ2n) is 3.89. The predicted octanol–water partition coefficient (Wildman–Crippen LogP) is 0.00178. The Hall–Kier alpha value is -2.11. The molecule has 1 aromatic rings. The van der Waals surface area contributed by atoms with Gasteiger partial charge in [-0.25, -0.2) is 8.42 Å². The zero-order valence-electron chi connectivity index (χ0n) is 11.1. The quantitative estimate of drug-likeness (QED) is 0.719. The molecule has 0 saturated carbocycles. The minimum Gasteiger partial charge on any atom is -0.497 e. The molecule has 8 heteroatoms. The van der Waals surface area contributed by atoms with Crippen LogP contribution in [-0.2, 0) is 14.8 Å². The van der Waals surface area contributed by atoms with Gasteiger partial charge in [0.15, 0.2) is 0 Å². The number of benzene rings is 1. The molecule has 0 heterocycles. The Labute approximate surface area is 117 Å². The Morgan fingerprint density at radius 1 is 1.40 bits per heavy atom. The molecule has 0 aliphatic heterocycles. The van der Waals surface area contributed by atoms with E-state index in [-0.39, 0.29) is 11.4 Å². The molecule has 0 aliphatic carbocycles. The van der Waals surface area contributed by atoms with Crippen molar-refractivity contribution < 1.29 is 17.9 Å². The van der Waals surface area contributed by atoms with Crippen LogP contribution in [0, 0.1) is 11.3 Å². The summed E-state index contributed by atoms with van der Waals surface area (Å²) in [6.45, 7) is 1.22. The fourth-order valence-electron chi connectivity index (χ4n) is 1.39. The average molecular weight is 297 g/mol. The first kappa shape index (κ1) is 15.9. The minimum absolute atomic E-state index is 0.0261. The molecule has 0 spiro atoms. The van der Waals surface area contributed by atoms with Crippen molar-refractivity contribution >= 4 is 15.9 Å². The maximum absolute atomic E-state index is 12.0. The largest absolute Gasteiger partial charge is 0.497 e. The number of hydrogen-bond acceptors (Lipinski definition) is 5. The van der Waals surface area contributed by atoms with Gasteiger partial charge in [0.05, 0.1) is 24.1 Å². The molecule has 1 atom stereocenters. The lowest BCUT2D eigenvalue weighted by atomic mass is 10.3. The standard InChI is InChI=1S/C12H15N3O4S/c1-9(12(16)14-8-7-13)15-20(17,18)11-5-3-10(19-2)4-6-11/h3-6,9,15H,8H2,1-2H3,(H,14,16). The van der Waals surface area contributed by atoms with E-state index in [0.717, 1.165) is 0 Å². The monoisotopic (exact) mass is 297 g/mol. The summed E-state index contributed by atoms with van der Waals surface area (Å²) in [7, 11) is -2.33. The molecule has 20 heavy (non-hydrogen) atoms. The molecule has 0 bridgehead atoms. The van der Waals surface area contributed by atoms with Gasteiger partial charge < -0.3 is 10.1 Å². The van der Waals surface area contributed by atoms with Gasteiger partial charge in [-0.3, -0.25) is 4.79 Å². The predicted molar refractivity (Wildman–Crippen MR) is 71.4 cm³/mol. The Morgan fingerprint density at radius 2 is 2.00 bits per heavy atom. The number of methoxy groups -OCH3 is 1. The van der Waals surface area contributed by atoms with Crippen molar-refractivity contribution in [2.24, 2.45) is 0 Å². The molecule has 0 aromatic heterocycles. The van der Waals surface area contributed by atoms with E-state index in [2.05, 4.69) is 10.0 Å². The second kappa shape index (κ2) is 6.88. The summed E-state index contributed by atoms with van der Waals surface area (Å²) in [5.74, 6) is -0.0348. The van der Waals surface area contributed by atoms with Gasteiger partial charge in [-0.1, -0.05) is 0 Å². The van der Waals surface area contributed by atoms with Gasteiger partial charge >= 0.3 is 0 Å². The molecular formula is C12H15N3O4S. The molecule has 2 N–H and O–H groups in total. The van der Waals surface area contributed by atoms with Crippen LogP contribution in [0.4, 0.5) is 0 Å². The van der Waals surface area contributed by atoms with Crippen LogP contribution in [-0.4, -0.2) is 34.0 Å². The first-order chi connectivity index (χ1) is 9.40. The highest BCUT2D eigenvalue weighted by molar-refractivity contribution is 7.89. The van der Waals surface area contributed by atoms with E-state index >= 15 is 0 Å². The van der Waals surface area contributed by atoms with Crippen molar-refractivity contribution in [1.29, 1.82) is 5.26 Å². The van der Waals surface area contributed by atoms with Gasteiger partial charge in [-0.2, -0.15) is 9.98 Å². The average Bonchev–Trinajstić information content (AvgIpc) is 2.44. The fraction of sp³-hybridized carbons (Fsp3) is 0.333. The van der Waals surface area contributed by atoms with Gasteiger partial charge in [0.1, 0.15) is 12.3 Å². The van der Waals surface area contributed by atoms with E-state index in [1.807, 2.05) is 0 Å². The molecule has 0 saturated heterocycles. The molecule has 1 rings (SSSR count). The van der Waals surface area contributed by atoms with E-state index in [4.69, 9.17) is 10.00 Å². The van der Waals surface area contributed by atoms with Crippen molar-refractivity contribution in [3.8, 4) is 11.8 Å². The van der Waals surface area contributed by atoms with Crippen LogP contribution >= 0.6 is 0 Å². The SMILES string of the molecule is COc1ccc(S(=O)(=O)NC(C)C(=O)NCC#N)cc1. The van der Waals surface area contributed by atoms with Crippen molar-refractivity contribution in [3.63, 3.8) is 0 Å². The summed E-state index contributed by atoms with van der Waals surface area (Å²) in [4.78, 5) is 11.5. The molecule has 0 radical (unpaired) electrons. The fourth-order valence-corrected chi connectivity index (χ4v) is 2.59. The molecular weight excluding hydrogens is 282 g/mol. The van der Waals surface area contributed by atoms with E-state index in [0.29, 0.717) is 5.75 Å². The van der Waals surface area contributed by atoms with Crippen LogP contribution in [0.25, 0.3) is 0 Å². The summed E-state index contributed by atoms with van der Waals surface area (Å²) < 4.78 is 31.2. The van der Waals surface area contributed by atoms with Gasteiger partial charge in [0.2, 0.25) is 15.9 Å². The van der Waals surface area contributed by atoms with E-state index in [9.17, 15) is 13.2 Å². The maximum atomic E-state index is 12.0. The van der Waals surface area contributed by atoms with Crippen molar-refractivity contribution in [1.82, 2.24) is 10.0 Å². The van der Waals surface area contributed by atoms with Crippen LogP contribution in [0.5, 0.6) is 5.75 Å². The Bertz CT molecular complexity index is 605. The third-order valence-electron chi connectivity index (χ3n) is 2.44. The Kier molecular flexibility index (Phi) is 5.49. The summed E-state index contributed by atoms with van der Waals surface area (Å²) in [5.41, 5.74) is 0. The highest BCUT2D eigenvalue weighted by Crippen LogP contribution is 2.15. The van der Waals surface area contributed by atoms with E-state index in [1.54, 1.807) is 6.07 Å². The van der Waals surface area contributed by atoms with Crippen LogP contribution in [0.3, 0.4) is 0 Å². The lowest BCUT2D eigenvalue weighted by molar-refractivity contribution is -0.122. The van der Waals surface area contributed by atoms with Crippen molar-refractivity contribution in [2.45, 2.75) is 17.9 Å². The number of carbonyl (C=O) groups excluding carboxylic acids is 1. The third kappa shape index (κ3) is 4.22. The molecule has 1 aromatic carbocycles. The van der Waals surface area contributed by atoms with E-state index < -0.39 is 22.0 Å². The number of carbonyl (C=O) groups is 1. The van der Waals surface area contributed by atoms with Crippen LogP contribution in [0.1, 0.15) is 6.92 Å². The lowest BCUT2D eigenvalue weighted by Crippen LogP contribution is -2.44. The topological polar surface area (TPSA) is 108 Å². The molecule has 0 aliphatic rings. The third-order valence-corrected chi connectivity index (χ3v) is 3.99. The molecule has 7 nitrogen and oxygen atoms in total. The number of sulfonamides is 1. The summed E-state index contributed by atoms with van der Waals surface area (Å²) in [6, 6.07) is 6.53. The van der Waals surface area contributed by atoms with Crippen LogP contribution < -0.4 is 14.8 Å². The molecule has 0 fully saturated rings. The lowest BCUT2D eigenvalue weighted by Gasteiger charge is -2.13. The number of nitriles is 1. The zero-order chi connectivity index (χ0) is 15.2. The number of ether oxygens (including phenoxy) is 1. The Morgan fingerprint density at radius 3 is 2.50 bits per heavy atom. The first-order valence-electron chi connectivity index (χ1n) is 5.71. The Balaban J connectivity index is 2.78. The van der Waals surface area contributed by atoms with Gasteiger partial charge in [0, 0.05) is 0 Å². The van der Waals surface area contributed by atoms with Crippen molar-refractivity contribution in [3.05, 3.63) is 24.3 Å². The number of nitrogens with zero attached hydrogens (tertiary/aromatic N) is 1. The normalized spacial score (nSPS) is 12.2. The van der Waals surface area contributed by atoms with Gasteiger partial charge in [-0.05, 0) is 31.2 Å². The van der Waals surface area contributed by atoms with Gasteiger partial charge in [-0.15, -0.1) is 0 Å². The van der Waals surface area contributed by atoms with Crippen LogP contribution in [0.15, 0.2) is 29.2 Å². The number of amides is 1. The number of hydrogen-bond donors (Lipinski definition) is 2. The van der Waals surface area contributed by atoms with Crippen LogP contribution in [0.2, 0.25) is 0 Å². The highest BCUT2D eigenvalue weighted by atomic mass is 32.2. The van der Waals surface area contributed by atoms with E-state index in [1.165, 1.54) is 38.3 Å². The smallest absolute Gasteiger partial charge is 0.241 e. The van der Waals surface area contributed by atoms with Crippen molar-refractivity contribution in [2.75, 3.05) is 13.7 Å². The van der Waals surface area contributed by atoms with Gasteiger partial charge in [0.25, 0.3) is 0 Å². The second-order valence-corrected chi connectivity index (χ2v) is 5.61. The molecule has 1 unspecified atom stereocenters. The highest BCUT2D eigenvalue weighted by Gasteiger charge is 2.21. The summed E-state index contributed by atoms with van der Waals surface area (Å²) in [6.07, 6.45) is 0. The maximum Gasteiger partial charge on any atom is 0.241 e. The minimum atomic E-state index is -3.80. The summed E-state index contributed by atoms with van der Waals surface area (Å²) >= 11 is 0. The zero-order valence-corrected chi connectivity index (χ0v) is 11.9. The number of nitrogens with one attached hydrogen (secondary N) is 2. The number of rotatable bonds is 6. The summed E-state index contributed by atoms with van der Waals surface area (Å²) in [5, 5.41) is 10.6. The molecule has 108 valence electrons.